The molecule has 0 aromatic heterocycles. The second kappa shape index (κ2) is 14.5. The Balaban J connectivity index is 2.67. The highest BCUT2D eigenvalue weighted by Crippen LogP contribution is 2.40. The number of benzene rings is 1. The lowest BCUT2D eigenvalue weighted by Crippen LogP contribution is -2.29. The van der Waals surface area contributed by atoms with Crippen LogP contribution in [0.1, 0.15) is 53.5 Å². The molecule has 0 radical (unpaired) electrons. The molecule has 1 aromatic carbocycles. The molecule has 0 heterocycles. The number of hydrogen-bond acceptors (Lipinski definition) is 5. The van der Waals surface area contributed by atoms with Crippen LogP contribution in [0.2, 0.25) is 0 Å². The van der Waals surface area contributed by atoms with Gasteiger partial charge in [0.15, 0.2) is 0 Å². The average molecular weight is 589 g/mol. The number of allylic oxidation sites excluding steroid dienone is 2. The largest absolute Gasteiger partial charge is 0.488 e. The van der Waals surface area contributed by atoms with Crippen molar-refractivity contribution in [3.05, 3.63) is 44.4 Å². The SMILES string of the molecule is C=C(C)C(=O)OCCNC(=O)OCCOc1c(Br)cc(/C(=C(/CC)C(C)C)C(C)C)cc1Br. The molecule has 0 bridgehead atoms. The minimum atomic E-state index is -0.606. The highest BCUT2D eigenvalue weighted by Gasteiger charge is 2.18. The first kappa shape index (κ1) is 29.2. The van der Waals surface area contributed by atoms with Gasteiger partial charge in [-0.1, -0.05) is 46.8 Å². The Kier molecular flexibility index (Phi) is 12.8. The zero-order chi connectivity index (χ0) is 25.1. The standard InChI is InChI=1S/C25H35Br2NO5/c1-8-19(15(2)3)22(16(4)5)18-13-20(26)23(21(27)14-18)31-11-12-33-25(30)28-9-10-32-24(29)17(6)7/h13-16H,6,8-12H2,1-5,7H3,(H,28,30)/b22-19-. The van der Waals surface area contributed by atoms with Gasteiger partial charge in [0.1, 0.15) is 25.6 Å². The van der Waals surface area contributed by atoms with E-state index in [4.69, 9.17) is 14.2 Å². The van der Waals surface area contributed by atoms with E-state index in [1.54, 1.807) is 6.92 Å². The smallest absolute Gasteiger partial charge is 0.407 e. The number of carbonyl (C=O) groups excluding carboxylic acids is 2. The van der Waals surface area contributed by atoms with Crippen LogP contribution in [0.5, 0.6) is 5.75 Å². The second-order valence-corrected chi connectivity index (χ2v) is 9.91. The summed E-state index contributed by atoms with van der Waals surface area (Å²) in [5.41, 5.74) is 4.27. The van der Waals surface area contributed by atoms with Crippen LogP contribution < -0.4 is 10.1 Å². The summed E-state index contributed by atoms with van der Waals surface area (Å²) in [6.07, 6.45) is 0.403. The highest BCUT2D eigenvalue weighted by atomic mass is 79.9. The quantitative estimate of drug-likeness (QED) is 0.163. The summed E-state index contributed by atoms with van der Waals surface area (Å²) in [7, 11) is 0. The van der Waals surface area contributed by atoms with Crippen LogP contribution in [0.3, 0.4) is 0 Å². The van der Waals surface area contributed by atoms with Crippen molar-refractivity contribution >= 4 is 49.5 Å². The van der Waals surface area contributed by atoms with Gasteiger partial charge < -0.3 is 19.5 Å². The monoisotopic (exact) mass is 587 g/mol. The molecule has 0 spiro atoms. The Hall–Kier alpha value is -1.80. The van der Waals surface area contributed by atoms with Crippen molar-refractivity contribution in [3.8, 4) is 5.75 Å². The Labute approximate surface area is 214 Å². The van der Waals surface area contributed by atoms with Crippen molar-refractivity contribution in [2.45, 2.75) is 48.0 Å². The van der Waals surface area contributed by atoms with Gasteiger partial charge in [-0.25, -0.2) is 9.59 Å². The van der Waals surface area contributed by atoms with Gasteiger partial charge in [0.05, 0.1) is 15.5 Å². The number of amides is 1. The number of ether oxygens (including phenoxy) is 3. The molecule has 1 rings (SSSR count). The van der Waals surface area contributed by atoms with E-state index < -0.39 is 12.1 Å². The molecule has 0 unspecified atom stereocenters. The first-order chi connectivity index (χ1) is 15.5. The molecule has 1 amide bonds. The fourth-order valence-electron chi connectivity index (χ4n) is 3.40. The summed E-state index contributed by atoms with van der Waals surface area (Å²) in [5.74, 6) is 1.03. The molecule has 33 heavy (non-hydrogen) atoms. The molecule has 0 saturated heterocycles. The minimum absolute atomic E-state index is 0.0485. The van der Waals surface area contributed by atoms with Crippen LogP contribution in [-0.2, 0) is 14.3 Å². The van der Waals surface area contributed by atoms with Crippen LogP contribution in [0, 0.1) is 11.8 Å². The normalized spacial score (nSPS) is 11.8. The number of carbonyl (C=O) groups is 2. The lowest BCUT2D eigenvalue weighted by molar-refractivity contribution is -0.138. The van der Waals surface area contributed by atoms with Crippen LogP contribution >= 0.6 is 31.9 Å². The topological polar surface area (TPSA) is 73.9 Å². The number of alkyl carbamates (subject to hydrolysis) is 1. The summed E-state index contributed by atoms with van der Waals surface area (Å²) in [4.78, 5) is 23.0. The summed E-state index contributed by atoms with van der Waals surface area (Å²) in [6.45, 7) is 16.6. The Morgan fingerprint density at radius 3 is 2.09 bits per heavy atom. The van der Waals surface area contributed by atoms with E-state index >= 15 is 0 Å². The first-order valence-electron chi connectivity index (χ1n) is 11.1. The molecule has 0 aliphatic rings. The molecular formula is C25H35Br2NO5. The number of nitrogens with one attached hydrogen (secondary N) is 1. The molecule has 1 aromatic rings. The summed E-state index contributed by atoms with van der Waals surface area (Å²) in [6, 6.07) is 4.15. The van der Waals surface area contributed by atoms with Gasteiger partial charge in [0, 0.05) is 5.57 Å². The number of esters is 1. The van der Waals surface area contributed by atoms with Crippen LogP contribution in [0.4, 0.5) is 4.79 Å². The van der Waals surface area contributed by atoms with Gasteiger partial charge in [0.2, 0.25) is 0 Å². The van der Waals surface area contributed by atoms with Crippen molar-refractivity contribution in [1.29, 1.82) is 0 Å². The lowest BCUT2D eigenvalue weighted by atomic mass is 9.85. The third-order valence-electron chi connectivity index (χ3n) is 4.83. The molecule has 0 fully saturated rings. The fourth-order valence-corrected chi connectivity index (χ4v) is 4.82. The van der Waals surface area contributed by atoms with E-state index in [-0.39, 0.29) is 26.4 Å². The summed E-state index contributed by atoms with van der Waals surface area (Å²) < 4.78 is 17.5. The maximum Gasteiger partial charge on any atom is 0.407 e. The first-order valence-corrected chi connectivity index (χ1v) is 12.7. The lowest BCUT2D eigenvalue weighted by Gasteiger charge is -2.22. The molecule has 1 N–H and O–H groups in total. The van der Waals surface area contributed by atoms with Crippen molar-refractivity contribution in [2.75, 3.05) is 26.4 Å². The molecular weight excluding hydrogens is 554 g/mol. The van der Waals surface area contributed by atoms with Gasteiger partial charge in [-0.15, -0.1) is 0 Å². The zero-order valence-corrected chi connectivity index (χ0v) is 23.5. The number of hydrogen-bond donors (Lipinski definition) is 1. The molecule has 8 heteroatoms. The van der Waals surface area contributed by atoms with Crippen molar-refractivity contribution in [3.63, 3.8) is 0 Å². The van der Waals surface area contributed by atoms with Crippen LogP contribution in [0.15, 0.2) is 38.8 Å². The van der Waals surface area contributed by atoms with Crippen molar-refractivity contribution in [1.82, 2.24) is 5.32 Å². The Bertz CT molecular complexity index is 855. The van der Waals surface area contributed by atoms with E-state index in [2.05, 4.69) is 90.5 Å². The number of halogens is 2. The van der Waals surface area contributed by atoms with Crippen LogP contribution in [0.25, 0.3) is 5.57 Å². The van der Waals surface area contributed by atoms with E-state index in [9.17, 15) is 9.59 Å². The third kappa shape index (κ3) is 9.53. The fraction of sp³-hybridized carbons (Fsp3) is 0.520. The minimum Gasteiger partial charge on any atom is -0.488 e. The molecule has 6 nitrogen and oxygen atoms in total. The van der Waals surface area contributed by atoms with Gasteiger partial charge in [-0.05, 0) is 80.3 Å². The van der Waals surface area contributed by atoms with Gasteiger partial charge in [0.25, 0.3) is 0 Å². The maximum atomic E-state index is 11.7. The predicted octanol–water partition coefficient (Wildman–Crippen LogP) is 6.91. The van der Waals surface area contributed by atoms with Crippen molar-refractivity contribution in [2.24, 2.45) is 11.8 Å². The highest BCUT2D eigenvalue weighted by molar-refractivity contribution is 9.11. The predicted molar refractivity (Wildman–Crippen MR) is 139 cm³/mol. The van der Waals surface area contributed by atoms with Gasteiger partial charge >= 0.3 is 12.1 Å². The van der Waals surface area contributed by atoms with E-state index in [1.807, 2.05) is 0 Å². The molecule has 184 valence electrons. The average Bonchev–Trinajstić information content (AvgIpc) is 2.72. The Morgan fingerprint density at radius 2 is 1.61 bits per heavy atom. The summed E-state index contributed by atoms with van der Waals surface area (Å²) >= 11 is 7.25. The summed E-state index contributed by atoms with van der Waals surface area (Å²) in [5, 5.41) is 2.51. The zero-order valence-electron chi connectivity index (χ0n) is 20.3. The molecule has 0 atom stereocenters. The maximum absolute atomic E-state index is 11.7. The van der Waals surface area contributed by atoms with Crippen LogP contribution in [-0.4, -0.2) is 38.4 Å². The van der Waals surface area contributed by atoms with E-state index in [1.165, 1.54) is 11.1 Å². The second-order valence-electron chi connectivity index (χ2n) is 8.20. The van der Waals surface area contributed by atoms with Crippen molar-refractivity contribution < 1.29 is 23.8 Å². The van der Waals surface area contributed by atoms with Gasteiger partial charge in [-0.3, -0.25) is 0 Å². The van der Waals surface area contributed by atoms with E-state index in [0.29, 0.717) is 23.2 Å². The molecule has 0 aliphatic carbocycles. The molecule has 0 saturated carbocycles. The van der Waals surface area contributed by atoms with Gasteiger partial charge in [-0.2, -0.15) is 0 Å². The Morgan fingerprint density at radius 1 is 1.00 bits per heavy atom. The molecule has 0 aliphatic heterocycles. The van der Waals surface area contributed by atoms with E-state index in [0.717, 1.165) is 20.9 Å². The number of rotatable bonds is 12. The third-order valence-corrected chi connectivity index (χ3v) is 6.00.